The fourth-order valence-electron chi connectivity index (χ4n) is 2.25. The summed E-state index contributed by atoms with van der Waals surface area (Å²) in [6.07, 6.45) is 0. The Hall–Kier alpha value is -3.21. The van der Waals surface area contributed by atoms with Crippen LogP contribution >= 0.6 is 0 Å². The zero-order valence-electron chi connectivity index (χ0n) is 13.6. The van der Waals surface area contributed by atoms with E-state index in [2.05, 4.69) is 20.7 Å². The normalized spacial score (nSPS) is 11.3. The minimum atomic E-state index is -0.323. The third kappa shape index (κ3) is 3.57. The first-order valence-corrected chi connectivity index (χ1v) is 7.66. The summed E-state index contributed by atoms with van der Waals surface area (Å²) < 4.78 is 0. The van der Waals surface area contributed by atoms with Crippen molar-refractivity contribution in [3.05, 3.63) is 77.5 Å². The van der Waals surface area contributed by atoms with E-state index in [0.717, 1.165) is 22.5 Å². The Morgan fingerprint density at radius 3 is 2.50 bits per heavy atom. The van der Waals surface area contributed by atoms with Gasteiger partial charge in [0.1, 0.15) is 5.69 Å². The van der Waals surface area contributed by atoms with Crippen molar-refractivity contribution in [3.63, 3.8) is 0 Å². The van der Waals surface area contributed by atoms with E-state index in [4.69, 9.17) is 0 Å². The van der Waals surface area contributed by atoms with Gasteiger partial charge in [-0.05, 0) is 25.5 Å². The lowest BCUT2D eigenvalue weighted by Crippen LogP contribution is -2.19. The minimum absolute atomic E-state index is 0.323. The van der Waals surface area contributed by atoms with Gasteiger partial charge >= 0.3 is 0 Å². The van der Waals surface area contributed by atoms with Crippen molar-refractivity contribution in [2.75, 3.05) is 0 Å². The standard InChI is InChI=1S/C19H18N4O/c1-13-8-10-16(11-9-13)17-12-18(22-21-17)19(24)23-20-14(2)15-6-4-3-5-7-15/h3-12H,1-2H3,(H,21,22)(H,23,24). The molecule has 0 aliphatic carbocycles. The maximum absolute atomic E-state index is 12.2. The first kappa shape index (κ1) is 15.7. The number of benzene rings is 2. The van der Waals surface area contributed by atoms with Crippen molar-refractivity contribution in [1.82, 2.24) is 15.6 Å². The van der Waals surface area contributed by atoms with Gasteiger partial charge in [-0.1, -0.05) is 60.2 Å². The molecule has 0 saturated carbocycles. The molecule has 0 aliphatic rings. The van der Waals surface area contributed by atoms with E-state index in [-0.39, 0.29) is 5.91 Å². The number of hydrogen-bond acceptors (Lipinski definition) is 3. The van der Waals surface area contributed by atoms with E-state index < -0.39 is 0 Å². The lowest BCUT2D eigenvalue weighted by Gasteiger charge is -2.01. The van der Waals surface area contributed by atoms with Crippen molar-refractivity contribution in [3.8, 4) is 11.3 Å². The number of aryl methyl sites for hydroxylation is 1. The van der Waals surface area contributed by atoms with Gasteiger partial charge in [0.2, 0.25) is 0 Å². The first-order valence-electron chi connectivity index (χ1n) is 7.66. The lowest BCUT2D eigenvalue weighted by molar-refractivity contribution is 0.0950. The molecule has 0 atom stereocenters. The monoisotopic (exact) mass is 318 g/mol. The van der Waals surface area contributed by atoms with Gasteiger partial charge in [-0.15, -0.1) is 0 Å². The first-order chi connectivity index (χ1) is 11.6. The van der Waals surface area contributed by atoms with E-state index in [9.17, 15) is 4.79 Å². The van der Waals surface area contributed by atoms with Crippen molar-refractivity contribution in [1.29, 1.82) is 0 Å². The second kappa shape index (κ2) is 6.91. The molecule has 5 heteroatoms. The summed E-state index contributed by atoms with van der Waals surface area (Å²) in [5.74, 6) is -0.323. The maximum Gasteiger partial charge on any atom is 0.289 e. The van der Waals surface area contributed by atoms with Crippen LogP contribution in [0.25, 0.3) is 11.3 Å². The Bertz CT molecular complexity index is 864. The Balaban J connectivity index is 1.71. The number of H-pyrrole nitrogens is 1. The van der Waals surface area contributed by atoms with Gasteiger partial charge in [-0.2, -0.15) is 10.2 Å². The molecule has 5 nitrogen and oxygen atoms in total. The summed E-state index contributed by atoms with van der Waals surface area (Å²) in [6.45, 7) is 3.88. The Morgan fingerprint density at radius 2 is 1.79 bits per heavy atom. The average molecular weight is 318 g/mol. The fourth-order valence-corrected chi connectivity index (χ4v) is 2.25. The molecule has 0 saturated heterocycles. The largest absolute Gasteiger partial charge is 0.289 e. The third-order valence-electron chi connectivity index (χ3n) is 3.69. The molecule has 3 aromatic rings. The summed E-state index contributed by atoms with van der Waals surface area (Å²) >= 11 is 0. The summed E-state index contributed by atoms with van der Waals surface area (Å²) in [6, 6.07) is 19.4. The van der Waals surface area contributed by atoms with Crippen LogP contribution in [0.2, 0.25) is 0 Å². The molecule has 0 fully saturated rings. The van der Waals surface area contributed by atoms with Gasteiger partial charge in [-0.3, -0.25) is 9.89 Å². The average Bonchev–Trinajstić information content (AvgIpc) is 3.11. The highest BCUT2D eigenvalue weighted by molar-refractivity contribution is 6.00. The number of nitrogens with one attached hydrogen (secondary N) is 2. The smallest absolute Gasteiger partial charge is 0.272 e. The van der Waals surface area contributed by atoms with Crippen LogP contribution in [0.15, 0.2) is 65.8 Å². The predicted octanol–water partition coefficient (Wildman–Crippen LogP) is 3.54. The Kier molecular flexibility index (Phi) is 4.52. The van der Waals surface area contributed by atoms with Gasteiger partial charge in [-0.25, -0.2) is 5.43 Å². The number of amides is 1. The Morgan fingerprint density at radius 1 is 1.08 bits per heavy atom. The molecule has 0 aliphatic heterocycles. The zero-order chi connectivity index (χ0) is 16.9. The molecule has 0 bridgehead atoms. The second-order valence-corrected chi connectivity index (χ2v) is 5.54. The summed E-state index contributed by atoms with van der Waals surface area (Å²) in [4.78, 5) is 12.2. The number of carbonyl (C=O) groups is 1. The second-order valence-electron chi connectivity index (χ2n) is 5.54. The molecular formula is C19H18N4O. The van der Waals surface area contributed by atoms with E-state index in [1.54, 1.807) is 6.07 Å². The lowest BCUT2D eigenvalue weighted by atomic mass is 10.1. The summed E-state index contributed by atoms with van der Waals surface area (Å²) in [5, 5.41) is 11.1. The molecule has 2 aromatic carbocycles. The summed E-state index contributed by atoms with van der Waals surface area (Å²) in [5.41, 5.74) is 7.48. The number of aromatic nitrogens is 2. The SMILES string of the molecule is CC(=NNC(=O)c1cc(-c2ccc(C)cc2)n[nH]1)c1ccccc1. The number of aromatic amines is 1. The van der Waals surface area contributed by atoms with Crippen molar-refractivity contribution < 1.29 is 4.79 Å². The van der Waals surface area contributed by atoms with Gasteiger partial charge in [0.25, 0.3) is 5.91 Å². The molecule has 0 radical (unpaired) electrons. The zero-order valence-corrected chi connectivity index (χ0v) is 13.6. The van der Waals surface area contributed by atoms with Gasteiger partial charge < -0.3 is 0 Å². The van der Waals surface area contributed by atoms with E-state index in [1.165, 1.54) is 5.56 Å². The van der Waals surface area contributed by atoms with Gasteiger partial charge in [0.05, 0.1) is 11.4 Å². The number of hydrogen-bond donors (Lipinski definition) is 2. The van der Waals surface area contributed by atoms with Crippen LogP contribution in [-0.4, -0.2) is 21.8 Å². The number of carbonyl (C=O) groups excluding carboxylic acids is 1. The van der Waals surface area contributed by atoms with Gasteiger partial charge in [0.15, 0.2) is 0 Å². The highest BCUT2D eigenvalue weighted by Crippen LogP contribution is 2.18. The third-order valence-corrected chi connectivity index (χ3v) is 3.69. The maximum atomic E-state index is 12.2. The molecular weight excluding hydrogens is 300 g/mol. The van der Waals surface area contributed by atoms with Crippen molar-refractivity contribution in [2.45, 2.75) is 13.8 Å². The van der Waals surface area contributed by atoms with E-state index in [1.807, 2.05) is 68.4 Å². The van der Waals surface area contributed by atoms with Crippen LogP contribution in [0.3, 0.4) is 0 Å². The number of rotatable bonds is 4. The van der Waals surface area contributed by atoms with Crippen LogP contribution in [0.4, 0.5) is 0 Å². The fraction of sp³-hybridized carbons (Fsp3) is 0.105. The van der Waals surface area contributed by atoms with Crippen molar-refractivity contribution in [2.24, 2.45) is 5.10 Å². The number of hydrazone groups is 1. The molecule has 3 rings (SSSR count). The molecule has 1 amide bonds. The molecule has 24 heavy (non-hydrogen) atoms. The van der Waals surface area contributed by atoms with Crippen LogP contribution in [-0.2, 0) is 0 Å². The minimum Gasteiger partial charge on any atom is -0.272 e. The summed E-state index contributed by atoms with van der Waals surface area (Å²) in [7, 11) is 0. The molecule has 120 valence electrons. The molecule has 1 aromatic heterocycles. The Labute approximate surface area is 140 Å². The molecule has 2 N–H and O–H groups in total. The van der Waals surface area contributed by atoms with Crippen LogP contribution < -0.4 is 5.43 Å². The van der Waals surface area contributed by atoms with E-state index >= 15 is 0 Å². The van der Waals surface area contributed by atoms with Gasteiger partial charge in [0, 0.05) is 5.56 Å². The highest BCUT2D eigenvalue weighted by Gasteiger charge is 2.10. The van der Waals surface area contributed by atoms with Crippen LogP contribution in [0, 0.1) is 6.92 Å². The highest BCUT2D eigenvalue weighted by atomic mass is 16.2. The van der Waals surface area contributed by atoms with E-state index in [0.29, 0.717) is 5.69 Å². The number of nitrogens with zero attached hydrogens (tertiary/aromatic N) is 2. The predicted molar refractivity (Wildman–Crippen MR) is 94.9 cm³/mol. The van der Waals surface area contributed by atoms with Crippen molar-refractivity contribution >= 4 is 11.6 Å². The molecule has 1 heterocycles. The topological polar surface area (TPSA) is 70.1 Å². The molecule has 0 spiro atoms. The quantitative estimate of drug-likeness (QED) is 0.570. The van der Waals surface area contributed by atoms with Crippen LogP contribution in [0.5, 0.6) is 0 Å². The molecule has 0 unspecified atom stereocenters. The van der Waals surface area contributed by atoms with Crippen LogP contribution in [0.1, 0.15) is 28.5 Å².